The lowest BCUT2D eigenvalue weighted by Crippen LogP contribution is -2.57. The number of rotatable bonds is 16. The fourth-order valence-electron chi connectivity index (χ4n) is 39.1. The van der Waals surface area contributed by atoms with Crippen LogP contribution in [0.1, 0.15) is 414 Å². The maximum absolute atomic E-state index is 13.7. The van der Waals surface area contributed by atoms with Gasteiger partial charge >= 0.3 is 0 Å². The van der Waals surface area contributed by atoms with Gasteiger partial charge in [0, 0.05) is 64.6 Å². The maximum Gasteiger partial charge on any atom is 0.162 e. The van der Waals surface area contributed by atoms with Gasteiger partial charge in [-0.15, -0.1) is 0 Å². The van der Waals surface area contributed by atoms with E-state index in [1.165, 1.54) is 269 Å². The average Bonchev–Trinajstić information content (AvgIpc) is 1.65. The minimum absolute atomic E-state index is 0.0285. The van der Waals surface area contributed by atoms with Crippen LogP contribution in [0.25, 0.3) is 0 Å². The van der Waals surface area contributed by atoms with Gasteiger partial charge in [0.15, 0.2) is 5.78 Å². The largest absolute Gasteiger partial charge is 0.362 e. The van der Waals surface area contributed by atoms with Crippen molar-refractivity contribution in [2.75, 3.05) is 0 Å². The molecule has 20 aliphatic rings. The Kier molecular flexibility index (Phi) is 31.8. The third kappa shape index (κ3) is 17.6. The third-order valence-electron chi connectivity index (χ3n) is 46.6. The second-order valence-electron chi connectivity index (χ2n) is 51.4. The van der Waals surface area contributed by atoms with Crippen LogP contribution in [0, 0.1) is 190 Å². The minimum Gasteiger partial charge on any atom is -0.362 e. The zero-order chi connectivity index (χ0) is 92.1. The van der Waals surface area contributed by atoms with Crippen molar-refractivity contribution in [3.63, 3.8) is 0 Å². The smallest absolute Gasteiger partial charge is 0.162 e. The Morgan fingerprint density at radius 2 is 0.783 bits per heavy atom. The van der Waals surface area contributed by atoms with Gasteiger partial charge in [-0.05, 0) is 437 Å². The molecule has 0 aromatic heterocycles. The lowest BCUT2D eigenvalue weighted by Gasteiger charge is -2.60. The SMILES string of the molecule is C/C=C1/CC[C@H]2[C@@H]3CC[C@@H]4C[C@H](OP)CC[C@]4(C)C3=CC[C@]12C.CC=C[C@@H](C)C1=CC[C@H]2[C@@H]3CC[C@@H]4C[C@H](OP)CC[C@]4(C)C3=CC[C@]12C.CCC[C@@H](C)[C@H]1CC[C@H]2[C@@H]3CC[C@@H]4C[C@H](OP)CC[C@]4(C)C3=CC(=O)[C@]12C.CCC[C@@H](C)[C@H]1CC[C@H]2[C@@H]3CC[C@@H]4C[C@H](OP)CC[C@]4(C)C3=CC[C@]12C.CCC[C@@H](C)[C@H]1CC[C@H]2[C@@H]3CC[C@@H]4C[C@H](OP)CC[C@]4(C)[C@H]3CC(=O)[C@]12C. The molecule has 0 radical (unpaired) electrons. The first-order chi connectivity index (χ1) is 61.6. The minimum atomic E-state index is -0.105. The molecule has 12 heteroatoms. The molecule has 726 valence electrons. The standard InChI is InChI=1S/C24H41O2P.C24H39O2P.C24H41OP.C24H37OP.C21H33OP/c2*1-5-6-15(2)19-9-10-20-18-8-7-16-13-17(26-27)11-12-23(16,3)21(18)14-22(25)24(19,20)4;2*1-5-6-16(2)20-9-10-21-19-8-7-17-15-18(25-26)11-13-23(17,3)22(19)12-14-24(20,21)4;1-4-14-6-8-18-17-7-5-15-13-16(22-23)9-11-21(15,3)19(17)10-12-20(14,18)2/h15-21H,5-14,27H2,1-4H3;14-20H,5-13,27H2,1-4H3;12,16-21H,5-11,13-15,26H2,1-4H3;5-6,9,12,16-19,21H,7-8,10-11,13-15,26H2,1-4H3;4,10,15-18H,5-9,11-13,23H2,1-3H3/b;;;;14-4-/t15-,16-,17-,18+,19-,20+,21+,23+,24-;15-,16-,17-,18+,19-,20+,23+,24-;16-,17-,18-,19+,20-,21+,23+,24-;16-,17-,18-,19+,21+,23+,24-;15-,16-,17+,18+,20-,21+/m11111/s1. The number of hydrogen-bond donors (Lipinski definition) is 0. The Hall–Kier alpha value is -0.530. The van der Waals surface area contributed by atoms with Gasteiger partial charge in [0.2, 0.25) is 0 Å². The molecule has 0 bridgehead atoms. The molecule has 15 saturated carbocycles. The topological polar surface area (TPSA) is 80.3 Å². The highest BCUT2D eigenvalue weighted by atomic mass is 31.0. The molecule has 5 unspecified atom stereocenters. The Bertz CT molecular complexity index is 4160. The molecular weight excluding hydrogens is 1670 g/mol. The van der Waals surface area contributed by atoms with Crippen LogP contribution >= 0.6 is 47.3 Å². The number of hydrogen-bond acceptors (Lipinski definition) is 7. The molecule has 129 heavy (non-hydrogen) atoms. The van der Waals surface area contributed by atoms with Crippen molar-refractivity contribution in [3.8, 4) is 0 Å². The summed E-state index contributed by atoms with van der Waals surface area (Å²) < 4.78 is 28.2. The summed E-state index contributed by atoms with van der Waals surface area (Å²) in [6.45, 7) is 46.4. The predicted molar refractivity (Wildman–Crippen MR) is 556 cm³/mol. The van der Waals surface area contributed by atoms with E-state index in [0.717, 1.165) is 96.2 Å². The van der Waals surface area contributed by atoms with E-state index in [1.54, 1.807) is 11.1 Å². The Morgan fingerprint density at radius 1 is 0.380 bits per heavy atom. The highest BCUT2D eigenvalue weighted by molar-refractivity contribution is 7.10. The molecule has 43 atom stereocenters. The fourth-order valence-corrected chi connectivity index (χ4v) is 40.4. The van der Waals surface area contributed by atoms with Crippen molar-refractivity contribution in [1.29, 1.82) is 0 Å². The Labute approximate surface area is 802 Å². The first kappa shape index (κ1) is 101. The molecule has 15 fully saturated rings. The van der Waals surface area contributed by atoms with Gasteiger partial charge < -0.3 is 22.6 Å². The fraction of sp³-hybridized carbons (Fsp3) is 0.863. The summed E-state index contributed by atoms with van der Waals surface area (Å²) >= 11 is 0. The van der Waals surface area contributed by atoms with Crippen molar-refractivity contribution in [3.05, 3.63) is 82.0 Å². The van der Waals surface area contributed by atoms with Gasteiger partial charge in [-0.25, -0.2) is 0 Å². The van der Waals surface area contributed by atoms with E-state index in [9.17, 15) is 9.59 Å². The van der Waals surface area contributed by atoms with Gasteiger partial charge in [-0.3, -0.25) is 9.59 Å². The predicted octanol–water partition coefficient (Wildman–Crippen LogP) is 32.9. The van der Waals surface area contributed by atoms with E-state index in [4.69, 9.17) is 22.6 Å². The summed E-state index contributed by atoms with van der Waals surface area (Å²) in [6.07, 6.45) is 79.4. The summed E-state index contributed by atoms with van der Waals surface area (Å²) in [7, 11) is 12.5. The highest BCUT2D eigenvalue weighted by Crippen LogP contribution is 2.74. The van der Waals surface area contributed by atoms with Crippen LogP contribution in [0.4, 0.5) is 0 Å². The highest BCUT2D eigenvalue weighted by Gasteiger charge is 2.67. The van der Waals surface area contributed by atoms with Gasteiger partial charge in [0.05, 0.1) is 30.5 Å². The number of carbonyl (C=O) groups excluding carboxylic acids is 2. The van der Waals surface area contributed by atoms with Crippen LogP contribution in [0.3, 0.4) is 0 Å². The van der Waals surface area contributed by atoms with Crippen LogP contribution in [-0.2, 0) is 32.2 Å². The van der Waals surface area contributed by atoms with Gasteiger partial charge in [-0.1, -0.05) is 232 Å². The number of Topliss-reactive ketones (excluding diaryl/α,β-unsaturated/α-hetero) is 1. The van der Waals surface area contributed by atoms with E-state index < -0.39 is 0 Å². The molecule has 0 heterocycles. The molecule has 7 nitrogen and oxygen atoms in total. The van der Waals surface area contributed by atoms with E-state index in [1.807, 2.05) is 16.7 Å². The van der Waals surface area contributed by atoms with Crippen molar-refractivity contribution in [2.45, 2.75) is 445 Å². The van der Waals surface area contributed by atoms with Crippen molar-refractivity contribution < 1.29 is 32.2 Å². The van der Waals surface area contributed by atoms with E-state index >= 15 is 0 Å². The van der Waals surface area contributed by atoms with Crippen LogP contribution in [0.5, 0.6) is 0 Å². The lowest BCUT2D eigenvalue weighted by molar-refractivity contribution is -0.159. The van der Waals surface area contributed by atoms with E-state index in [0.29, 0.717) is 139 Å². The zero-order valence-corrected chi connectivity index (χ0v) is 91.4. The van der Waals surface area contributed by atoms with Crippen LogP contribution in [0.2, 0.25) is 0 Å². The summed E-state index contributed by atoms with van der Waals surface area (Å²) in [5.41, 5.74) is 13.8. The zero-order valence-electron chi connectivity index (χ0n) is 85.6. The van der Waals surface area contributed by atoms with Crippen molar-refractivity contribution in [2.24, 2.45) is 190 Å². The number of allylic oxidation sites excluding steroid dienone is 14. The molecule has 20 rings (SSSR count). The second-order valence-corrected chi connectivity index (χ2v) is 52.8. The molecule has 0 aromatic rings. The Balaban J connectivity index is 0.000000118. The summed E-state index contributed by atoms with van der Waals surface area (Å²) in [5, 5.41) is 0. The lowest BCUT2D eigenvalue weighted by atomic mass is 9.44. The maximum atomic E-state index is 13.7. The number of carbonyl (C=O) groups is 2. The molecule has 0 N–H and O–H groups in total. The van der Waals surface area contributed by atoms with Crippen LogP contribution in [0.15, 0.2) is 82.0 Å². The quantitative estimate of drug-likeness (QED) is 0.112. The summed E-state index contributed by atoms with van der Waals surface area (Å²) in [4.78, 5) is 27.3. The van der Waals surface area contributed by atoms with E-state index in [2.05, 4.69) is 227 Å². The Morgan fingerprint density at radius 3 is 1.26 bits per heavy atom. The molecule has 0 aliphatic heterocycles. The first-order valence-corrected chi connectivity index (χ1v) is 57.7. The molecule has 0 saturated heterocycles. The van der Waals surface area contributed by atoms with Crippen LogP contribution < -0.4 is 0 Å². The molecular formula is C117H191O7P5. The number of ketones is 2. The van der Waals surface area contributed by atoms with Crippen LogP contribution in [-0.4, -0.2) is 42.1 Å². The first-order valence-electron chi connectivity index (χ1n) is 55.3. The normalized spacial score (nSPS) is 48.8. The van der Waals surface area contributed by atoms with Gasteiger partial charge in [0.1, 0.15) is 5.78 Å². The van der Waals surface area contributed by atoms with Crippen molar-refractivity contribution >= 4 is 58.9 Å². The monoisotopic (exact) mass is 1860 g/mol. The van der Waals surface area contributed by atoms with Crippen molar-refractivity contribution in [1.82, 2.24) is 0 Å². The third-order valence-corrected chi connectivity index (χ3v) is 48.5. The number of fused-ring (bicyclic) bond motifs is 25. The average molecular weight is 1860 g/mol. The molecule has 0 aromatic carbocycles. The summed E-state index contributed by atoms with van der Waals surface area (Å²) in [6, 6.07) is 0. The summed E-state index contributed by atoms with van der Waals surface area (Å²) in [5.74, 6) is 18.7. The molecule has 20 aliphatic carbocycles. The molecule has 0 spiro atoms. The second kappa shape index (κ2) is 40.5. The van der Waals surface area contributed by atoms with Gasteiger partial charge in [0.25, 0.3) is 0 Å². The van der Waals surface area contributed by atoms with Gasteiger partial charge in [-0.2, -0.15) is 0 Å². The molecule has 0 amide bonds. The van der Waals surface area contributed by atoms with E-state index in [-0.39, 0.29) is 16.2 Å².